The number of likely N-dealkylation sites (tertiary alicyclic amines) is 1. The third-order valence-corrected chi connectivity index (χ3v) is 4.82. The average molecular weight is 328 g/mol. The molecule has 2 atom stereocenters. The lowest BCUT2D eigenvalue weighted by Gasteiger charge is -2.15. The number of benzene rings is 1. The van der Waals surface area contributed by atoms with Crippen LogP contribution in [0.15, 0.2) is 42.6 Å². The molecule has 1 saturated heterocycles. The van der Waals surface area contributed by atoms with Crippen molar-refractivity contribution in [1.29, 1.82) is 0 Å². The van der Waals surface area contributed by atoms with E-state index < -0.39 is 0 Å². The minimum absolute atomic E-state index is 0.0341. The summed E-state index contributed by atoms with van der Waals surface area (Å²) in [5.74, 6) is 0.191. The first kappa shape index (κ1) is 16.7. The maximum absolute atomic E-state index is 12.7. The van der Waals surface area contributed by atoms with E-state index in [4.69, 9.17) is 5.11 Å². The number of nitrogens with one attached hydrogen (secondary N) is 1. The molecule has 24 heavy (non-hydrogen) atoms. The molecular formula is C19H24N2O3. The van der Waals surface area contributed by atoms with Crippen LogP contribution in [0.25, 0.3) is 0 Å². The molecule has 1 aromatic heterocycles. The molecule has 2 aromatic rings. The van der Waals surface area contributed by atoms with Gasteiger partial charge in [-0.25, -0.2) is 0 Å². The third kappa shape index (κ3) is 3.68. The number of nitrogens with zero attached hydrogens (tertiary/aromatic N) is 1. The van der Waals surface area contributed by atoms with Crippen LogP contribution in [0.4, 0.5) is 0 Å². The topological polar surface area (TPSA) is 76.6 Å². The van der Waals surface area contributed by atoms with Gasteiger partial charge in [-0.1, -0.05) is 30.3 Å². The van der Waals surface area contributed by atoms with Crippen LogP contribution in [0.3, 0.4) is 0 Å². The van der Waals surface area contributed by atoms with Crippen molar-refractivity contribution < 1.29 is 15.0 Å². The largest absolute Gasteiger partial charge is 0.396 e. The Bertz CT molecular complexity index is 668. The number of aliphatic hydroxyl groups is 2. The summed E-state index contributed by atoms with van der Waals surface area (Å²) in [6.45, 7) is 1.29. The van der Waals surface area contributed by atoms with Gasteiger partial charge in [-0.2, -0.15) is 0 Å². The highest BCUT2D eigenvalue weighted by Gasteiger charge is 2.35. The number of carbonyl (C=O) groups excluding carboxylic acids is 1. The molecule has 2 heterocycles. The summed E-state index contributed by atoms with van der Waals surface area (Å²) in [7, 11) is 0. The summed E-state index contributed by atoms with van der Waals surface area (Å²) in [5.41, 5.74) is 2.87. The predicted molar refractivity (Wildman–Crippen MR) is 91.7 cm³/mol. The molecule has 5 heteroatoms. The molecule has 1 amide bonds. The fourth-order valence-corrected chi connectivity index (χ4v) is 3.47. The van der Waals surface area contributed by atoms with Crippen LogP contribution in [-0.2, 0) is 6.42 Å². The van der Waals surface area contributed by atoms with Gasteiger partial charge in [-0.05, 0) is 36.0 Å². The van der Waals surface area contributed by atoms with Gasteiger partial charge in [0.05, 0.1) is 0 Å². The van der Waals surface area contributed by atoms with E-state index in [9.17, 15) is 9.90 Å². The number of hydrogen-bond donors (Lipinski definition) is 3. The lowest BCUT2D eigenvalue weighted by molar-refractivity contribution is 0.0774. The number of hydrogen-bond acceptors (Lipinski definition) is 3. The van der Waals surface area contributed by atoms with Crippen molar-refractivity contribution in [3.05, 3.63) is 59.4 Å². The molecular weight excluding hydrogens is 304 g/mol. The van der Waals surface area contributed by atoms with Crippen molar-refractivity contribution in [2.24, 2.45) is 11.8 Å². The van der Waals surface area contributed by atoms with Crippen LogP contribution in [0.5, 0.6) is 0 Å². The monoisotopic (exact) mass is 328 g/mol. The van der Waals surface area contributed by atoms with Gasteiger partial charge < -0.3 is 20.1 Å². The first-order valence-electron chi connectivity index (χ1n) is 8.43. The fourth-order valence-electron chi connectivity index (χ4n) is 3.47. The molecule has 1 aliphatic heterocycles. The van der Waals surface area contributed by atoms with Crippen LogP contribution >= 0.6 is 0 Å². The lowest BCUT2D eigenvalue weighted by Crippen LogP contribution is -2.29. The highest BCUT2D eigenvalue weighted by atomic mass is 16.3. The Hall–Kier alpha value is -2.11. The van der Waals surface area contributed by atoms with Crippen molar-refractivity contribution >= 4 is 5.91 Å². The number of carbonyl (C=O) groups is 1. The molecule has 0 bridgehead atoms. The maximum atomic E-state index is 12.7. The van der Waals surface area contributed by atoms with Gasteiger partial charge in [-0.15, -0.1) is 0 Å². The van der Waals surface area contributed by atoms with Crippen molar-refractivity contribution in [1.82, 2.24) is 9.88 Å². The minimum Gasteiger partial charge on any atom is -0.396 e. The van der Waals surface area contributed by atoms with Gasteiger partial charge in [0, 0.05) is 38.4 Å². The molecule has 2 unspecified atom stereocenters. The summed E-state index contributed by atoms with van der Waals surface area (Å²) >= 11 is 0. The Morgan fingerprint density at radius 3 is 2.58 bits per heavy atom. The van der Waals surface area contributed by atoms with Crippen LogP contribution in [0.2, 0.25) is 0 Å². The molecule has 3 rings (SSSR count). The van der Waals surface area contributed by atoms with Crippen LogP contribution in [0, 0.1) is 11.8 Å². The molecule has 0 saturated carbocycles. The van der Waals surface area contributed by atoms with Crippen molar-refractivity contribution in [2.45, 2.75) is 12.8 Å². The first-order valence-corrected chi connectivity index (χ1v) is 8.43. The average Bonchev–Trinajstić information content (AvgIpc) is 3.22. The molecule has 1 aliphatic rings. The van der Waals surface area contributed by atoms with Gasteiger partial charge >= 0.3 is 0 Å². The number of aliphatic hydroxyl groups excluding tert-OH is 2. The summed E-state index contributed by atoms with van der Waals surface area (Å²) in [5, 5.41) is 18.6. The smallest absolute Gasteiger partial charge is 0.270 e. The zero-order chi connectivity index (χ0) is 16.9. The summed E-state index contributed by atoms with van der Waals surface area (Å²) < 4.78 is 0. The highest BCUT2D eigenvalue weighted by Crippen LogP contribution is 2.27. The van der Waals surface area contributed by atoms with Crippen LogP contribution < -0.4 is 0 Å². The second kappa shape index (κ2) is 7.64. The van der Waals surface area contributed by atoms with Crippen LogP contribution in [-0.4, -0.2) is 52.3 Å². The number of aromatic nitrogens is 1. The molecule has 5 nitrogen and oxygen atoms in total. The number of amides is 1. The van der Waals surface area contributed by atoms with Gasteiger partial charge in [0.1, 0.15) is 5.69 Å². The standard InChI is InChI=1S/C19H24N2O3/c22-7-6-16-11-21(12-17(16)13-23)19(24)18-9-15(10-20-18)8-14-4-2-1-3-5-14/h1-5,9-10,16-17,20,22-23H,6-8,11-13H2. The quantitative estimate of drug-likeness (QED) is 0.755. The molecule has 0 spiro atoms. The van der Waals surface area contributed by atoms with Gasteiger partial charge in [0.25, 0.3) is 5.91 Å². The molecule has 0 aliphatic carbocycles. The van der Waals surface area contributed by atoms with E-state index in [-0.39, 0.29) is 31.0 Å². The number of rotatable bonds is 6. The molecule has 1 fully saturated rings. The first-order chi connectivity index (χ1) is 11.7. The predicted octanol–water partition coefficient (Wildman–Crippen LogP) is 1.67. The van der Waals surface area contributed by atoms with Crippen LogP contribution in [0.1, 0.15) is 28.0 Å². The van der Waals surface area contributed by atoms with Gasteiger partial charge in [0.2, 0.25) is 0 Å². The van der Waals surface area contributed by atoms with Gasteiger partial charge in [-0.3, -0.25) is 4.79 Å². The highest BCUT2D eigenvalue weighted by molar-refractivity contribution is 5.92. The summed E-state index contributed by atoms with van der Waals surface area (Å²) in [6.07, 6.45) is 3.29. The second-order valence-corrected chi connectivity index (χ2v) is 6.51. The zero-order valence-electron chi connectivity index (χ0n) is 13.7. The van der Waals surface area contributed by atoms with Crippen molar-refractivity contribution in [2.75, 3.05) is 26.3 Å². The Morgan fingerprint density at radius 2 is 1.88 bits per heavy atom. The van der Waals surface area contributed by atoms with E-state index in [1.165, 1.54) is 5.56 Å². The van der Waals surface area contributed by atoms with E-state index >= 15 is 0 Å². The summed E-state index contributed by atoms with van der Waals surface area (Å²) in [4.78, 5) is 17.5. The van der Waals surface area contributed by atoms with E-state index in [2.05, 4.69) is 17.1 Å². The normalized spacial score (nSPS) is 20.5. The van der Waals surface area contributed by atoms with E-state index in [0.717, 1.165) is 12.0 Å². The Kier molecular flexibility index (Phi) is 5.33. The maximum Gasteiger partial charge on any atom is 0.270 e. The lowest BCUT2D eigenvalue weighted by atomic mass is 9.94. The minimum atomic E-state index is -0.0341. The van der Waals surface area contributed by atoms with Crippen molar-refractivity contribution in [3.63, 3.8) is 0 Å². The molecule has 1 aromatic carbocycles. The molecule has 128 valence electrons. The van der Waals surface area contributed by atoms with E-state index in [1.807, 2.05) is 30.5 Å². The van der Waals surface area contributed by atoms with E-state index in [1.54, 1.807) is 4.90 Å². The molecule has 3 N–H and O–H groups in total. The molecule has 0 radical (unpaired) electrons. The number of H-pyrrole nitrogens is 1. The number of aromatic amines is 1. The summed E-state index contributed by atoms with van der Waals surface area (Å²) in [6, 6.07) is 12.1. The van der Waals surface area contributed by atoms with Gasteiger partial charge in [0.15, 0.2) is 0 Å². The zero-order valence-corrected chi connectivity index (χ0v) is 13.7. The second-order valence-electron chi connectivity index (χ2n) is 6.51. The van der Waals surface area contributed by atoms with E-state index in [0.29, 0.717) is 25.2 Å². The van der Waals surface area contributed by atoms with Crippen molar-refractivity contribution in [3.8, 4) is 0 Å². The fraction of sp³-hybridized carbons (Fsp3) is 0.421. The third-order valence-electron chi connectivity index (χ3n) is 4.82. The Labute approximate surface area is 141 Å². The Morgan fingerprint density at radius 1 is 1.12 bits per heavy atom. The SMILES string of the molecule is O=C(c1cc(Cc2ccccc2)c[nH]1)N1CC(CO)C(CCO)C1. The Balaban J connectivity index is 1.66.